The fourth-order valence-corrected chi connectivity index (χ4v) is 3.27. The van der Waals surface area contributed by atoms with Crippen LogP contribution in [0, 0.1) is 12.8 Å². The Morgan fingerprint density at radius 3 is 2.79 bits per heavy atom. The molecule has 1 aliphatic carbocycles. The van der Waals surface area contributed by atoms with Gasteiger partial charge < -0.3 is 10.4 Å². The van der Waals surface area contributed by atoms with Gasteiger partial charge in [0.1, 0.15) is 12.0 Å². The highest BCUT2D eigenvalue weighted by atomic mass is 19.1. The average molecular weight is 395 g/mol. The van der Waals surface area contributed by atoms with Gasteiger partial charge >= 0.3 is 0 Å². The molecule has 0 spiro atoms. The Balaban J connectivity index is 1.59. The second kappa shape index (κ2) is 7.83. The number of halogens is 1. The smallest absolute Gasteiger partial charge is 0.231 e. The number of carbonyl (C=O) groups is 1. The molecule has 1 amide bonds. The second-order valence-electron chi connectivity index (χ2n) is 7.41. The van der Waals surface area contributed by atoms with Crippen molar-refractivity contribution in [3.8, 4) is 11.1 Å². The Labute approximate surface area is 169 Å². The van der Waals surface area contributed by atoms with Gasteiger partial charge in [0.15, 0.2) is 0 Å². The number of nitrogens with one attached hydrogen (secondary N) is 1. The van der Waals surface area contributed by atoms with Crippen molar-refractivity contribution >= 4 is 22.6 Å². The molecule has 3 aromatic heterocycles. The van der Waals surface area contributed by atoms with E-state index in [-0.39, 0.29) is 12.3 Å². The molecule has 0 saturated heterocycles. The van der Waals surface area contributed by atoms with Gasteiger partial charge in [0.25, 0.3) is 0 Å². The van der Waals surface area contributed by atoms with Gasteiger partial charge in [-0.05, 0) is 37.5 Å². The van der Waals surface area contributed by atoms with E-state index in [4.69, 9.17) is 1.37 Å². The molecule has 0 radical (unpaired) electrons. The van der Waals surface area contributed by atoms with E-state index >= 15 is 0 Å². The molecule has 7 heteroatoms. The van der Waals surface area contributed by atoms with Crippen molar-refractivity contribution in [2.24, 2.45) is 5.92 Å². The molecule has 1 fully saturated rings. The molecule has 1 saturated carbocycles. The Morgan fingerprint density at radius 2 is 2.10 bits per heavy atom. The highest BCUT2D eigenvalue weighted by Crippen LogP contribution is 2.34. The van der Waals surface area contributed by atoms with Gasteiger partial charge in [-0.1, -0.05) is 13.3 Å². The van der Waals surface area contributed by atoms with Crippen LogP contribution in [0.1, 0.15) is 44.9 Å². The van der Waals surface area contributed by atoms with Crippen LogP contribution in [-0.4, -0.2) is 32.1 Å². The third kappa shape index (κ3) is 4.10. The summed E-state index contributed by atoms with van der Waals surface area (Å²) in [5.74, 6) is -0.583. The molecule has 3 heterocycles. The summed E-state index contributed by atoms with van der Waals surface area (Å²) in [5.41, 5.74) is 3.54. The molecule has 29 heavy (non-hydrogen) atoms. The van der Waals surface area contributed by atoms with Crippen molar-refractivity contribution in [2.45, 2.75) is 45.4 Å². The van der Waals surface area contributed by atoms with Crippen LogP contribution >= 0.6 is 0 Å². The van der Waals surface area contributed by atoms with E-state index in [2.05, 4.69) is 20.3 Å². The highest BCUT2D eigenvalue weighted by molar-refractivity contribution is 5.95. The first kappa shape index (κ1) is 18.1. The third-order valence-corrected chi connectivity index (χ3v) is 5.07. The lowest BCUT2D eigenvalue weighted by molar-refractivity contribution is -0.117. The van der Waals surface area contributed by atoms with E-state index in [1.807, 2.05) is 19.9 Å². The van der Waals surface area contributed by atoms with Crippen LogP contribution in [0.25, 0.3) is 22.0 Å². The van der Waals surface area contributed by atoms with E-state index in [9.17, 15) is 14.3 Å². The fraction of sp³-hybridized carbons (Fsp3) is 0.364. The maximum atomic E-state index is 13.0. The molecule has 0 aromatic carbocycles. The van der Waals surface area contributed by atoms with Crippen molar-refractivity contribution < 1.29 is 15.7 Å². The van der Waals surface area contributed by atoms with E-state index in [1.54, 1.807) is 30.7 Å². The number of pyridine rings is 3. The van der Waals surface area contributed by atoms with E-state index in [1.165, 1.54) is 0 Å². The number of fused-ring (bicyclic) bond motifs is 1. The zero-order valence-corrected chi connectivity index (χ0v) is 16.3. The molecule has 0 unspecified atom stereocenters. The number of nitrogens with zero attached hydrogens (tertiary/aromatic N) is 3. The molecule has 2 N–H and O–H groups in total. The number of hydrogen-bond donors (Lipinski definition) is 2. The van der Waals surface area contributed by atoms with Crippen molar-refractivity contribution in [1.29, 1.82) is 0 Å². The van der Waals surface area contributed by atoms with Crippen molar-refractivity contribution in [2.75, 3.05) is 5.32 Å². The van der Waals surface area contributed by atoms with E-state index in [0.717, 1.165) is 22.1 Å². The molecule has 0 aliphatic heterocycles. The number of aromatic nitrogens is 3. The quantitative estimate of drug-likeness (QED) is 0.655. The molecule has 3 aromatic rings. The lowest BCUT2D eigenvalue weighted by Gasteiger charge is -2.12. The zero-order valence-electron chi connectivity index (χ0n) is 17.3. The zero-order chi connectivity index (χ0) is 21.5. The van der Waals surface area contributed by atoms with Crippen LogP contribution in [0.15, 0.2) is 36.8 Å². The van der Waals surface area contributed by atoms with Crippen molar-refractivity contribution in [3.63, 3.8) is 0 Å². The van der Waals surface area contributed by atoms with E-state index in [0.29, 0.717) is 29.9 Å². The lowest BCUT2D eigenvalue weighted by Crippen LogP contribution is -2.15. The van der Waals surface area contributed by atoms with Crippen molar-refractivity contribution in [1.82, 2.24) is 15.0 Å². The number of aryl methyl sites for hydroxylation is 1. The summed E-state index contributed by atoms with van der Waals surface area (Å²) in [5, 5.41) is 13.7. The molecule has 1 aliphatic rings. The first-order chi connectivity index (χ1) is 14.3. The summed E-state index contributed by atoms with van der Waals surface area (Å²) in [6.07, 6.45) is 3.47. The Hall–Kier alpha value is -2.93. The second-order valence-corrected chi connectivity index (χ2v) is 7.41. The number of rotatable bonds is 6. The standard InChI is InChI=1S/C22H23FN4O2/c1-3-4-20(28)19-5-12(2)16(11-25-19)13-6-14-10-26-21(8-18(14)24-9-13)27-22(29)15-7-17(15)23/h5-6,8-11,15,17,20,28H,3-4,7H2,1-2H3,(H,26,27,29)/t15-,17+,20-/m0/s1/i20D. The van der Waals surface area contributed by atoms with Crippen LogP contribution in [-0.2, 0) is 4.79 Å². The molecule has 3 atom stereocenters. The average Bonchev–Trinajstić information content (AvgIpc) is 3.44. The predicted octanol–water partition coefficient (Wildman–Crippen LogP) is 4.13. The summed E-state index contributed by atoms with van der Waals surface area (Å²) in [6, 6.07) is 5.31. The summed E-state index contributed by atoms with van der Waals surface area (Å²) in [6.45, 7) is 3.82. The Morgan fingerprint density at radius 1 is 1.31 bits per heavy atom. The fourth-order valence-electron chi connectivity index (χ4n) is 3.27. The number of hydrogen-bond acceptors (Lipinski definition) is 5. The summed E-state index contributed by atoms with van der Waals surface area (Å²) in [4.78, 5) is 24.9. The Bertz CT molecular complexity index is 1120. The van der Waals surface area contributed by atoms with Gasteiger partial charge in [-0.3, -0.25) is 14.8 Å². The third-order valence-electron chi connectivity index (χ3n) is 5.07. The number of carbonyl (C=O) groups excluding carboxylic acids is 1. The van der Waals surface area contributed by atoms with Crippen LogP contribution in [0.5, 0.6) is 0 Å². The van der Waals surface area contributed by atoms with Crippen LogP contribution in [0.2, 0.25) is 0 Å². The maximum Gasteiger partial charge on any atom is 0.231 e. The number of alkyl halides is 1. The SMILES string of the molecule is [2H][C@](O)(CCC)c1cc(C)c(-c2cnc3cc(NC(=O)[C@H]4C[C@H]4F)ncc3c2)cn1. The normalized spacial score (nSPS) is 20.8. The minimum absolute atomic E-state index is 0.267. The van der Waals surface area contributed by atoms with E-state index < -0.39 is 18.2 Å². The van der Waals surface area contributed by atoms with Gasteiger partial charge in [0.2, 0.25) is 5.91 Å². The van der Waals surface area contributed by atoms with Gasteiger partial charge in [0.05, 0.1) is 24.6 Å². The number of amides is 1. The van der Waals surface area contributed by atoms with Crippen LogP contribution < -0.4 is 5.32 Å². The first-order valence-electron chi connectivity index (χ1n) is 10.2. The van der Waals surface area contributed by atoms with Gasteiger partial charge in [-0.15, -0.1) is 0 Å². The molecular formula is C22H23FN4O2. The molecule has 150 valence electrons. The van der Waals surface area contributed by atoms with Crippen LogP contribution in [0.4, 0.5) is 10.2 Å². The maximum absolute atomic E-state index is 13.0. The van der Waals surface area contributed by atoms with Gasteiger partial charge in [-0.25, -0.2) is 9.37 Å². The molecule has 6 nitrogen and oxygen atoms in total. The highest BCUT2D eigenvalue weighted by Gasteiger charge is 2.43. The Kier molecular flexibility index (Phi) is 4.89. The first-order valence-corrected chi connectivity index (χ1v) is 9.69. The van der Waals surface area contributed by atoms with Gasteiger partial charge in [-0.2, -0.15) is 0 Å². The minimum atomic E-state index is -1.70. The topological polar surface area (TPSA) is 88.0 Å². The summed E-state index contributed by atoms with van der Waals surface area (Å²) >= 11 is 0. The number of anilines is 1. The minimum Gasteiger partial charge on any atom is -0.387 e. The lowest BCUT2D eigenvalue weighted by atomic mass is 10.0. The van der Waals surface area contributed by atoms with Gasteiger partial charge in [0, 0.05) is 41.2 Å². The van der Waals surface area contributed by atoms with Crippen LogP contribution in [0.3, 0.4) is 0 Å². The van der Waals surface area contributed by atoms with Crippen molar-refractivity contribution in [3.05, 3.63) is 48.0 Å². The predicted molar refractivity (Wildman–Crippen MR) is 109 cm³/mol. The molecule has 4 rings (SSSR count). The summed E-state index contributed by atoms with van der Waals surface area (Å²) in [7, 11) is 0. The molecular weight excluding hydrogens is 371 g/mol. The number of aliphatic hydroxyl groups is 1. The summed E-state index contributed by atoms with van der Waals surface area (Å²) < 4.78 is 21.1. The largest absolute Gasteiger partial charge is 0.387 e. The monoisotopic (exact) mass is 395 g/mol. The molecule has 0 bridgehead atoms.